The van der Waals surface area contributed by atoms with Crippen LogP contribution in [0.25, 0.3) is 0 Å². The molecule has 60 heavy (non-hydrogen) atoms. The predicted octanol–water partition coefficient (Wildman–Crippen LogP) is 9.52. The molecule has 1 fully saturated rings. The number of rotatable bonds is 38. The lowest BCUT2D eigenvalue weighted by Crippen LogP contribution is -2.60. The summed E-state index contributed by atoms with van der Waals surface area (Å²) in [5.74, 6) is -0.422. The van der Waals surface area contributed by atoms with Crippen LogP contribution in [0, 0.1) is 0 Å². The van der Waals surface area contributed by atoms with Crippen molar-refractivity contribution in [1.29, 1.82) is 0 Å². The van der Waals surface area contributed by atoms with Crippen molar-refractivity contribution in [2.45, 2.75) is 192 Å². The fourth-order valence-corrected chi connectivity index (χ4v) is 6.96. The first-order chi connectivity index (χ1) is 29.1. The second kappa shape index (κ2) is 38.2. The number of hydrogen-bond acceptors (Lipinski definition) is 11. The molecule has 6 atom stereocenters. The van der Waals surface area contributed by atoms with E-state index in [4.69, 9.17) is 23.5 Å². The summed E-state index contributed by atoms with van der Waals surface area (Å²) in [6.07, 6.45) is 39.5. The molecule has 0 aromatic rings. The van der Waals surface area contributed by atoms with Crippen LogP contribution in [0.15, 0.2) is 72.9 Å². The van der Waals surface area contributed by atoms with Crippen LogP contribution in [0.2, 0.25) is 0 Å². The highest BCUT2D eigenvalue weighted by molar-refractivity contribution is 7.80. The van der Waals surface area contributed by atoms with Crippen molar-refractivity contribution in [2.75, 3.05) is 26.4 Å². The molecule has 1 rings (SSSR count). The minimum atomic E-state index is -5.07. The molecule has 6 unspecified atom stereocenters. The molecule has 13 heteroatoms. The average Bonchev–Trinajstić information content (AvgIpc) is 3.22. The molecule has 0 spiro atoms. The van der Waals surface area contributed by atoms with Crippen molar-refractivity contribution in [1.82, 2.24) is 0 Å². The van der Waals surface area contributed by atoms with Gasteiger partial charge in [0.05, 0.1) is 19.8 Å². The van der Waals surface area contributed by atoms with E-state index in [0.717, 1.165) is 70.6 Å². The van der Waals surface area contributed by atoms with Crippen molar-refractivity contribution in [2.24, 2.45) is 0 Å². The lowest BCUT2D eigenvalue weighted by molar-refractivity contribution is -0.301. The summed E-state index contributed by atoms with van der Waals surface area (Å²) in [4.78, 5) is 12.8. The third kappa shape index (κ3) is 31.4. The van der Waals surface area contributed by atoms with E-state index in [1.54, 1.807) is 0 Å². The van der Waals surface area contributed by atoms with E-state index >= 15 is 0 Å². The van der Waals surface area contributed by atoms with Gasteiger partial charge in [-0.15, -0.1) is 0 Å². The number of carbonyl (C=O) groups excluding carboxylic acids is 1. The smallest absolute Gasteiger partial charge is 0.397 e. The number of esters is 1. The molecule has 1 saturated heterocycles. The number of aliphatic hydroxyl groups excluding tert-OH is 3. The topological polar surface area (TPSA) is 178 Å². The molecule has 0 aromatic carbocycles. The van der Waals surface area contributed by atoms with Gasteiger partial charge in [0.1, 0.15) is 30.5 Å². The molecule has 1 aliphatic heterocycles. The zero-order valence-electron chi connectivity index (χ0n) is 36.7. The molecule has 1 heterocycles. The highest BCUT2D eigenvalue weighted by atomic mass is 32.3. The minimum Gasteiger partial charge on any atom is -0.457 e. The Labute approximate surface area is 362 Å². The van der Waals surface area contributed by atoms with Crippen LogP contribution in [-0.2, 0) is 38.3 Å². The Morgan fingerprint density at radius 2 is 1.13 bits per heavy atom. The van der Waals surface area contributed by atoms with Gasteiger partial charge >= 0.3 is 16.4 Å². The maximum Gasteiger partial charge on any atom is 0.397 e. The first kappa shape index (κ1) is 55.6. The molecule has 12 nitrogen and oxygen atoms in total. The van der Waals surface area contributed by atoms with Gasteiger partial charge in [-0.25, -0.2) is 4.18 Å². The summed E-state index contributed by atoms with van der Waals surface area (Å²) >= 11 is 0. The monoisotopic (exact) mass is 869 g/mol. The van der Waals surface area contributed by atoms with Crippen LogP contribution in [0.3, 0.4) is 0 Å². The zero-order chi connectivity index (χ0) is 43.9. The number of ether oxygens (including phenoxy) is 4. The van der Waals surface area contributed by atoms with E-state index in [2.05, 4.69) is 90.9 Å². The summed E-state index contributed by atoms with van der Waals surface area (Å²) in [5.41, 5.74) is 0. The quantitative estimate of drug-likeness (QED) is 0.0200. The standard InChI is InChI=1S/C47H80O12S/c1-3-5-7-9-11-13-15-17-18-19-20-21-22-23-25-27-29-31-33-35-37-55-39-41(40-56-47-45(51)46(59-60(52,53)54)44(50)42(38-48)58-47)57-43(49)36-34-32-30-28-26-24-16-14-12-10-8-6-4-2/h5,7,11,13,17-18,20-21,23,25,29,31,41-42,44-48,50-51H,3-4,6,8-10,12,14-16,19,22,24,26-28,30,32-40H2,1-2H3,(H,52,53,54)/b7-5-,13-11-,18-17-,21-20-,25-23-,31-29-. The van der Waals surface area contributed by atoms with Crippen LogP contribution in [-0.4, -0.2) is 97.5 Å². The molecule has 4 N–H and O–H groups in total. The number of carbonyl (C=O) groups is 1. The normalized spacial score (nSPS) is 20.9. The number of hydrogen-bond donors (Lipinski definition) is 4. The van der Waals surface area contributed by atoms with Gasteiger partial charge < -0.3 is 34.3 Å². The Bertz CT molecular complexity index is 1330. The van der Waals surface area contributed by atoms with Gasteiger partial charge in [0.25, 0.3) is 0 Å². The van der Waals surface area contributed by atoms with Crippen molar-refractivity contribution in [3.05, 3.63) is 72.9 Å². The van der Waals surface area contributed by atoms with Crippen LogP contribution in [0.1, 0.15) is 155 Å². The summed E-state index contributed by atoms with van der Waals surface area (Å²) in [7, 11) is -5.07. The Morgan fingerprint density at radius 3 is 1.62 bits per heavy atom. The molecule has 346 valence electrons. The third-order valence-electron chi connectivity index (χ3n) is 9.84. The molecule has 0 aromatic heterocycles. The van der Waals surface area contributed by atoms with Gasteiger partial charge in [0.15, 0.2) is 6.29 Å². The highest BCUT2D eigenvalue weighted by Gasteiger charge is 2.48. The van der Waals surface area contributed by atoms with Crippen LogP contribution in [0.5, 0.6) is 0 Å². The largest absolute Gasteiger partial charge is 0.457 e. The SMILES string of the molecule is CC/C=C\C/C=C\C/C=C\C/C=C\C/C=C\C/C=C\CCCOCC(COC1OC(CO)C(O)C(OS(=O)(=O)O)C1O)OC(=O)CCCCCCCCCCCCCCC. The average molecular weight is 869 g/mol. The summed E-state index contributed by atoms with van der Waals surface area (Å²) < 4.78 is 58.9. The number of unbranched alkanes of at least 4 members (excludes halogenated alkanes) is 13. The maximum atomic E-state index is 12.8. The molecule has 0 amide bonds. The molecule has 0 aliphatic carbocycles. The van der Waals surface area contributed by atoms with Crippen LogP contribution < -0.4 is 0 Å². The Morgan fingerprint density at radius 1 is 0.650 bits per heavy atom. The van der Waals surface area contributed by atoms with Crippen molar-refractivity contribution >= 4 is 16.4 Å². The van der Waals surface area contributed by atoms with E-state index in [9.17, 15) is 28.5 Å². The van der Waals surface area contributed by atoms with Gasteiger partial charge in [-0.05, 0) is 57.8 Å². The number of allylic oxidation sites excluding steroid dienone is 12. The van der Waals surface area contributed by atoms with Gasteiger partial charge in [0, 0.05) is 13.0 Å². The first-order valence-electron chi connectivity index (χ1n) is 22.7. The molecule has 1 aliphatic rings. The zero-order valence-corrected chi connectivity index (χ0v) is 37.6. The molecule has 0 saturated carbocycles. The van der Waals surface area contributed by atoms with Gasteiger partial charge in [-0.3, -0.25) is 9.35 Å². The third-order valence-corrected chi connectivity index (χ3v) is 10.3. The molecule has 0 bridgehead atoms. The van der Waals surface area contributed by atoms with Crippen molar-refractivity contribution in [3.8, 4) is 0 Å². The Hall–Kier alpha value is -2.46. The van der Waals surface area contributed by atoms with Crippen molar-refractivity contribution in [3.63, 3.8) is 0 Å². The van der Waals surface area contributed by atoms with E-state index < -0.39 is 59.8 Å². The van der Waals surface area contributed by atoms with E-state index in [-0.39, 0.29) is 19.6 Å². The predicted molar refractivity (Wildman–Crippen MR) is 239 cm³/mol. The summed E-state index contributed by atoms with van der Waals surface area (Å²) in [6.45, 7) is 3.71. The van der Waals surface area contributed by atoms with E-state index in [1.165, 1.54) is 57.8 Å². The van der Waals surface area contributed by atoms with E-state index in [1.807, 2.05) is 0 Å². The first-order valence-corrected chi connectivity index (χ1v) is 24.1. The lowest BCUT2D eigenvalue weighted by atomic mass is 9.99. The highest BCUT2D eigenvalue weighted by Crippen LogP contribution is 2.26. The summed E-state index contributed by atoms with van der Waals surface area (Å²) in [5, 5.41) is 30.6. The number of aliphatic hydroxyl groups is 3. The molecule has 0 radical (unpaired) electrons. The second-order valence-electron chi connectivity index (χ2n) is 15.3. The Balaban J connectivity index is 2.48. The van der Waals surface area contributed by atoms with Gasteiger partial charge in [0.2, 0.25) is 0 Å². The van der Waals surface area contributed by atoms with E-state index in [0.29, 0.717) is 13.0 Å². The maximum absolute atomic E-state index is 12.8. The molecular formula is C47H80O12S. The Kier molecular flexibility index (Phi) is 35.4. The van der Waals surface area contributed by atoms with Crippen LogP contribution in [0.4, 0.5) is 0 Å². The second-order valence-corrected chi connectivity index (χ2v) is 16.3. The molecular weight excluding hydrogens is 789 g/mol. The summed E-state index contributed by atoms with van der Waals surface area (Å²) in [6, 6.07) is 0. The fourth-order valence-electron chi connectivity index (χ4n) is 6.45. The van der Waals surface area contributed by atoms with Gasteiger partial charge in [-0.2, -0.15) is 8.42 Å². The lowest BCUT2D eigenvalue weighted by Gasteiger charge is -2.41. The fraction of sp³-hybridized carbons (Fsp3) is 0.723. The van der Waals surface area contributed by atoms with Crippen molar-refractivity contribution < 1.29 is 56.2 Å². The van der Waals surface area contributed by atoms with Crippen LogP contribution >= 0.6 is 0 Å². The minimum absolute atomic E-state index is 0.00604. The van der Waals surface area contributed by atoms with Gasteiger partial charge in [-0.1, -0.05) is 164 Å².